The van der Waals surface area contributed by atoms with Crippen LogP contribution in [0.25, 0.3) is 0 Å². The molecular weight excluding hydrogens is 228 g/mol. The third kappa shape index (κ3) is 3.20. The Hall–Kier alpha value is -1.56. The van der Waals surface area contributed by atoms with Crippen LogP contribution in [0.15, 0.2) is 11.8 Å². The van der Waals surface area contributed by atoms with Crippen molar-refractivity contribution in [3.63, 3.8) is 0 Å². The van der Waals surface area contributed by atoms with E-state index in [-0.39, 0.29) is 6.29 Å². The van der Waals surface area contributed by atoms with E-state index in [4.69, 9.17) is 9.47 Å². The smallest absolute Gasteiger partial charge is 0.324 e. The topological polar surface area (TPSA) is 71.1 Å². The van der Waals surface area contributed by atoms with Crippen LogP contribution in [0, 0.1) is 5.92 Å². The van der Waals surface area contributed by atoms with Gasteiger partial charge in [0.25, 0.3) is 0 Å². The summed E-state index contributed by atoms with van der Waals surface area (Å²) in [6, 6.07) is 0. The number of carbonyl (C=O) groups excluding carboxylic acids is 2. The van der Waals surface area contributed by atoms with Crippen molar-refractivity contribution in [1.82, 2.24) is 0 Å². The van der Waals surface area contributed by atoms with Gasteiger partial charge in [0.15, 0.2) is 12.2 Å². The van der Waals surface area contributed by atoms with Crippen LogP contribution in [0.4, 0.5) is 0 Å². The number of esters is 2. The number of hydrogen-bond donors (Lipinski definition) is 0. The predicted octanol–water partition coefficient (Wildman–Crippen LogP) is 0.615. The molecule has 6 nitrogen and oxygen atoms in total. The molecule has 1 unspecified atom stereocenters. The standard InChI is InChI=1S/C11H16O6/c1-14-8-5-4-7(6-17-8)9(10(12)15-2)11(13)16-3/h6,8-9H,4-5H2,1-3H3. The second kappa shape index (κ2) is 6.24. The third-order valence-electron chi connectivity index (χ3n) is 2.55. The molecule has 0 aliphatic carbocycles. The molecule has 1 atom stereocenters. The lowest BCUT2D eigenvalue weighted by Gasteiger charge is -2.24. The molecule has 1 heterocycles. The average molecular weight is 244 g/mol. The number of rotatable bonds is 4. The SMILES string of the molecule is COC(=O)C(C(=O)OC)C1=COC(OC)CC1. The van der Waals surface area contributed by atoms with Crippen LogP contribution in [-0.4, -0.2) is 39.6 Å². The Morgan fingerprint density at radius 2 is 1.88 bits per heavy atom. The fraction of sp³-hybridized carbons (Fsp3) is 0.636. The Bertz CT molecular complexity index is 306. The van der Waals surface area contributed by atoms with Gasteiger partial charge in [0.2, 0.25) is 0 Å². The molecule has 1 aliphatic rings. The average Bonchev–Trinajstić information content (AvgIpc) is 2.39. The van der Waals surface area contributed by atoms with Crippen molar-refractivity contribution in [1.29, 1.82) is 0 Å². The molecule has 17 heavy (non-hydrogen) atoms. The molecule has 0 bridgehead atoms. The Morgan fingerprint density at radius 1 is 1.29 bits per heavy atom. The van der Waals surface area contributed by atoms with E-state index in [9.17, 15) is 9.59 Å². The van der Waals surface area contributed by atoms with E-state index in [0.717, 1.165) is 0 Å². The maximum atomic E-state index is 11.5. The van der Waals surface area contributed by atoms with Crippen molar-refractivity contribution in [3.05, 3.63) is 11.8 Å². The zero-order valence-electron chi connectivity index (χ0n) is 10.1. The van der Waals surface area contributed by atoms with Crippen molar-refractivity contribution in [2.75, 3.05) is 21.3 Å². The molecule has 6 heteroatoms. The van der Waals surface area contributed by atoms with Crippen molar-refractivity contribution in [3.8, 4) is 0 Å². The Morgan fingerprint density at radius 3 is 2.24 bits per heavy atom. The summed E-state index contributed by atoms with van der Waals surface area (Å²) in [5.41, 5.74) is 0.539. The summed E-state index contributed by atoms with van der Waals surface area (Å²) in [6.45, 7) is 0. The molecular formula is C11H16O6. The summed E-state index contributed by atoms with van der Waals surface area (Å²) >= 11 is 0. The van der Waals surface area contributed by atoms with Gasteiger partial charge in [-0.2, -0.15) is 0 Å². The number of hydrogen-bond acceptors (Lipinski definition) is 6. The van der Waals surface area contributed by atoms with Crippen LogP contribution in [-0.2, 0) is 28.5 Å². The summed E-state index contributed by atoms with van der Waals surface area (Å²) < 4.78 is 19.4. The molecule has 96 valence electrons. The van der Waals surface area contributed by atoms with Gasteiger partial charge in [-0.25, -0.2) is 0 Å². The van der Waals surface area contributed by atoms with Crippen molar-refractivity contribution in [2.45, 2.75) is 19.1 Å². The molecule has 0 aromatic carbocycles. The van der Waals surface area contributed by atoms with Crippen LogP contribution in [0.1, 0.15) is 12.8 Å². The van der Waals surface area contributed by atoms with Crippen molar-refractivity contribution >= 4 is 11.9 Å². The van der Waals surface area contributed by atoms with Crippen LogP contribution in [0.2, 0.25) is 0 Å². The summed E-state index contributed by atoms with van der Waals surface area (Å²) in [5.74, 6) is -2.35. The molecule has 0 N–H and O–H groups in total. The van der Waals surface area contributed by atoms with E-state index in [1.807, 2.05) is 0 Å². The van der Waals surface area contributed by atoms with Gasteiger partial charge in [-0.05, 0) is 12.0 Å². The first-order chi connectivity index (χ1) is 8.13. The number of methoxy groups -OCH3 is 3. The predicted molar refractivity (Wildman–Crippen MR) is 56.7 cm³/mol. The molecule has 0 saturated carbocycles. The maximum Gasteiger partial charge on any atom is 0.324 e. The molecule has 0 radical (unpaired) electrons. The molecule has 1 aliphatic heterocycles. The Balaban J connectivity index is 2.81. The fourth-order valence-electron chi connectivity index (χ4n) is 1.60. The van der Waals surface area contributed by atoms with Crippen LogP contribution < -0.4 is 0 Å². The molecule has 0 aromatic rings. The highest BCUT2D eigenvalue weighted by Gasteiger charge is 2.34. The van der Waals surface area contributed by atoms with Gasteiger partial charge in [-0.15, -0.1) is 0 Å². The van der Waals surface area contributed by atoms with E-state index >= 15 is 0 Å². The molecule has 0 amide bonds. The highest BCUT2D eigenvalue weighted by molar-refractivity contribution is 5.98. The summed E-state index contributed by atoms with van der Waals surface area (Å²) in [6.07, 6.45) is 2.13. The molecule has 0 aromatic heterocycles. The monoisotopic (exact) mass is 244 g/mol. The second-order valence-electron chi connectivity index (χ2n) is 3.51. The number of ether oxygens (including phenoxy) is 4. The summed E-state index contributed by atoms with van der Waals surface area (Å²) in [4.78, 5) is 23.0. The van der Waals surface area contributed by atoms with Gasteiger partial charge in [0.1, 0.15) is 0 Å². The van der Waals surface area contributed by atoms with Gasteiger partial charge in [-0.3, -0.25) is 9.59 Å². The van der Waals surface area contributed by atoms with Gasteiger partial charge >= 0.3 is 11.9 Å². The van der Waals surface area contributed by atoms with Crippen LogP contribution in [0.5, 0.6) is 0 Å². The first kappa shape index (κ1) is 13.5. The molecule has 1 rings (SSSR count). The zero-order valence-corrected chi connectivity index (χ0v) is 10.1. The summed E-state index contributed by atoms with van der Waals surface area (Å²) in [7, 11) is 3.97. The van der Waals surface area contributed by atoms with Gasteiger partial charge < -0.3 is 18.9 Å². The van der Waals surface area contributed by atoms with Gasteiger partial charge in [0, 0.05) is 13.5 Å². The van der Waals surface area contributed by atoms with Gasteiger partial charge in [0.05, 0.1) is 20.5 Å². The molecule has 0 spiro atoms. The summed E-state index contributed by atoms with van der Waals surface area (Å²) in [5, 5.41) is 0. The lowest BCUT2D eigenvalue weighted by atomic mass is 9.95. The second-order valence-corrected chi connectivity index (χ2v) is 3.51. The Labute approximate surface area is 99.5 Å². The highest BCUT2D eigenvalue weighted by atomic mass is 16.7. The molecule has 0 saturated heterocycles. The van der Waals surface area contributed by atoms with Crippen LogP contribution >= 0.6 is 0 Å². The Kier molecular flexibility index (Phi) is 4.96. The minimum absolute atomic E-state index is 0.338. The molecule has 0 fully saturated rings. The van der Waals surface area contributed by atoms with Crippen molar-refractivity contribution in [2.24, 2.45) is 5.92 Å². The minimum atomic E-state index is -1.05. The third-order valence-corrected chi connectivity index (χ3v) is 2.55. The lowest BCUT2D eigenvalue weighted by molar-refractivity contribution is -0.157. The zero-order chi connectivity index (χ0) is 12.8. The quantitative estimate of drug-likeness (QED) is 0.533. The lowest BCUT2D eigenvalue weighted by Crippen LogP contribution is -2.31. The first-order valence-electron chi connectivity index (χ1n) is 5.16. The van der Waals surface area contributed by atoms with Gasteiger partial charge in [-0.1, -0.05) is 0 Å². The van der Waals surface area contributed by atoms with E-state index in [2.05, 4.69) is 9.47 Å². The largest absolute Gasteiger partial charge is 0.473 e. The van der Waals surface area contributed by atoms with E-state index in [0.29, 0.717) is 18.4 Å². The fourth-order valence-corrected chi connectivity index (χ4v) is 1.60. The number of carbonyl (C=O) groups is 2. The van der Waals surface area contributed by atoms with Crippen LogP contribution in [0.3, 0.4) is 0 Å². The van der Waals surface area contributed by atoms with Crippen molar-refractivity contribution < 1.29 is 28.5 Å². The maximum absolute atomic E-state index is 11.5. The normalized spacial score (nSPS) is 19.3. The van der Waals surface area contributed by atoms with E-state index in [1.54, 1.807) is 0 Å². The highest BCUT2D eigenvalue weighted by Crippen LogP contribution is 2.26. The van der Waals surface area contributed by atoms with E-state index < -0.39 is 17.9 Å². The first-order valence-corrected chi connectivity index (χ1v) is 5.16. The van der Waals surface area contributed by atoms with E-state index in [1.165, 1.54) is 27.6 Å². The minimum Gasteiger partial charge on any atom is -0.473 e.